The van der Waals surface area contributed by atoms with Crippen LogP contribution in [0, 0.1) is 23.7 Å². The fourth-order valence-corrected chi connectivity index (χ4v) is 5.64. The Labute approximate surface area is 182 Å². The van der Waals surface area contributed by atoms with Gasteiger partial charge in [0.2, 0.25) is 0 Å². The van der Waals surface area contributed by atoms with Crippen LogP contribution in [0.15, 0.2) is 36.4 Å². The van der Waals surface area contributed by atoms with Gasteiger partial charge in [-0.05, 0) is 93.7 Å². The number of halogens is 2. The third-order valence-electron chi connectivity index (χ3n) is 7.39. The van der Waals surface area contributed by atoms with Crippen molar-refractivity contribution in [2.45, 2.75) is 90.4 Å². The molecule has 30 heavy (non-hydrogen) atoms. The van der Waals surface area contributed by atoms with Gasteiger partial charge in [-0.25, -0.2) is 8.78 Å². The Hall–Kier alpha value is -1.38. The van der Waals surface area contributed by atoms with Crippen molar-refractivity contribution in [1.82, 2.24) is 0 Å². The molecule has 0 aromatic heterocycles. The molecule has 0 amide bonds. The Morgan fingerprint density at radius 3 is 2.33 bits per heavy atom. The van der Waals surface area contributed by atoms with E-state index in [0.717, 1.165) is 70.0 Å². The van der Waals surface area contributed by atoms with Gasteiger partial charge >= 0.3 is 0 Å². The van der Waals surface area contributed by atoms with Gasteiger partial charge < -0.3 is 4.74 Å². The lowest BCUT2D eigenvalue weighted by Gasteiger charge is -2.42. The van der Waals surface area contributed by atoms with Crippen LogP contribution in [-0.2, 0) is 6.42 Å². The summed E-state index contributed by atoms with van der Waals surface area (Å²) in [6, 6.07) is 8.41. The molecule has 0 N–H and O–H groups in total. The Morgan fingerprint density at radius 1 is 1.00 bits per heavy atom. The zero-order chi connectivity index (χ0) is 21.4. The standard InChI is InChI=1S/C27H40F2O/c1-3-5-6-8-21-11-16-25(17-12-21)30-20-23-9-14-24(15-10-23)26-18-13-22(7-4-2)19-27(26,28)29/h3,5,11-12,16-17,22-24,26H,4,6-10,13-15,18-20H2,1-2H3/b5-3+. The molecule has 0 aliphatic heterocycles. The number of benzene rings is 1. The monoisotopic (exact) mass is 418 g/mol. The smallest absolute Gasteiger partial charge is 0.251 e. The number of hydrogen-bond acceptors (Lipinski definition) is 1. The van der Waals surface area contributed by atoms with Crippen LogP contribution >= 0.6 is 0 Å². The number of allylic oxidation sites excluding steroid dienone is 2. The van der Waals surface area contributed by atoms with Crippen molar-refractivity contribution in [1.29, 1.82) is 0 Å². The topological polar surface area (TPSA) is 9.23 Å². The highest BCUT2D eigenvalue weighted by atomic mass is 19.3. The van der Waals surface area contributed by atoms with Gasteiger partial charge in [-0.2, -0.15) is 0 Å². The second-order valence-corrected chi connectivity index (χ2v) is 9.65. The molecule has 0 saturated heterocycles. The minimum Gasteiger partial charge on any atom is -0.493 e. The van der Waals surface area contributed by atoms with E-state index in [4.69, 9.17) is 4.74 Å². The molecule has 1 aromatic rings. The third-order valence-corrected chi connectivity index (χ3v) is 7.39. The SMILES string of the molecule is C/C=C/CCc1ccc(OCC2CCC(C3CCC(CCC)CC3(F)F)CC2)cc1. The van der Waals surface area contributed by atoms with Crippen LogP contribution in [0.25, 0.3) is 0 Å². The zero-order valence-electron chi connectivity index (χ0n) is 18.9. The molecule has 0 bridgehead atoms. The molecule has 3 heteroatoms. The van der Waals surface area contributed by atoms with Crippen molar-refractivity contribution < 1.29 is 13.5 Å². The minimum absolute atomic E-state index is 0.124. The van der Waals surface area contributed by atoms with Crippen LogP contribution in [0.1, 0.15) is 83.6 Å². The van der Waals surface area contributed by atoms with Crippen LogP contribution in [0.2, 0.25) is 0 Å². The van der Waals surface area contributed by atoms with E-state index in [1.54, 1.807) is 0 Å². The molecule has 2 atom stereocenters. The second-order valence-electron chi connectivity index (χ2n) is 9.65. The third kappa shape index (κ3) is 6.56. The molecule has 2 aliphatic rings. The molecule has 0 heterocycles. The van der Waals surface area contributed by atoms with E-state index in [0.29, 0.717) is 12.5 Å². The Kier molecular flexibility index (Phi) is 8.77. The predicted molar refractivity (Wildman–Crippen MR) is 121 cm³/mol. The van der Waals surface area contributed by atoms with Gasteiger partial charge in [0.1, 0.15) is 5.75 Å². The Balaban J connectivity index is 1.40. The van der Waals surface area contributed by atoms with E-state index in [2.05, 4.69) is 43.3 Å². The summed E-state index contributed by atoms with van der Waals surface area (Å²) in [7, 11) is 0. The largest absolute Gasteiger partial charge is 0.493 e. The molecule has 0 radical (unpaired) electrons. The molecule has 2 unspecified atom stereocenters. The van der Waals surface area contributed by atoms with E-state index >= 15 is 0 Å². The normalized spacial score (nSPS) is 29.2. The number of aryl methyl sites for hydroxylation is 1. The molecule has 3 rings (SSSR count). The van der Waals surface area contributed by atoms with Crippen molar-refractivity contribution in [3.05, 3.63) is 42.0 Å². The lowest BCUT2D eigenvalue weighted by atomic mass is 9.67. The first kappa shape index (κ1) is 23.3. The van der Waals surface area contributed by atoms with E-state index in [-0.39, 0.29) is 24.2 Å². The molecule has 2 fully saturated rings. The highest BCUT2D eigenvalue weighted by Gasteiger charge is 2.48. The summed E-state index contributed by atoms with van der Waals surface area (Å²) in [6.07, 6.45) is 14.2. The number of ether oxygens (including phenoxy) is 1. The zero-order valence-corrected chi connectivity index (χ0v) is 18.9. The summed E-state index contributed by atoms with van der Waals surface area (Å²) < 4.78 is 35.6. The van der Waals surface area contributed by atoms with Gasteiger partial charge in [0.05, 0.1) is 6.61 Å². The highest BCUT2D eigenvalue weighted by Crippen LogP contribution is 2.49. The van der Waals surface area contributed by atoms with E-state index in [1.165, 1.54) is 5.56 Å². The first-order valence-electron chi connectivity index (χ1n) is 12.2. The predicted octanol–water partition coefficient (Wildman–Crippen LogP) is 8.23. The highest BCUT2D eigenvalue weighted by molar-refractivity contribution is 5.27. The molecule has 168 valence electrons. The molecular formula is C27H40F2O. The first-order valence-corrected chi connectivity index (χ1v) is 12.2. The molecule has 1 aromatic carbocycles. The van der Waals surface area contributed by atoms with Gasteiger partial charge in [-0.3, -0.25) is 0 Å². The number of alkyl halides is 2. The van der Waals surface area contributed by atoms with Crippen molar-refractivity contribution >= 4 is 0 Å². The number of rotatable bonds is 9. The lowest BCUT2D eigenvalue weighted by Crippen LogP contribution is -2.41. The average Bonchev–Trinajstić information content (AvgIpc) is 2.74. The summed E-state index contributed by atoms with van der Waals surface area (Å²) in [5.41, 5.74) is 1.33. The molecule has 0 spiro atoms. The second kappa shape index (κ2) is 11.3. The summed E-state index contributed by atoms with van der Waals surface area (Å²) in [4.78, 5) is 0. The lowest BCUT2D eigenvalue weighted by molar-refractivity contribution is -0.128. The Bertz CT molecular complexity index is 643. The number of hydrogen-bond donors (Lipinski definition) is 0. The maximum absolute atomic E-state index is 14.8. The quantitative estimate of drug-likeness (QED) is 0.367. The van der Waals surface area contributed by atoms with E-state index in [1.807, 2.05) is 6.92 Å². The van der Waals surface area contributed by atoms with Crippen molar-refractivity contribution in [3.8, 4) is 5.75 Å². The van der Waals surface area contributed by atoms with Crippen LogP contribution in [0.5, 0.6) is 5.75 Å². The Morgan fingerprint density at radius 2 is 1.70 bits per heavy atom. The van der Waals surface area contributed by atoms with Crippen molar-refractivity contribution in [2.75, 3.05) is 6.61 Å². The molecular weight excluding hydrogens is 378 g/mol. The van der Waals surface area contributed by atoms with Crippen molar-refractivity contribution in [3.63, 3.8) is 0 Å². The summed E-state index contributed by atoms with van der Waals surface area (Å²) in [5, 5.41) is 0. The van der Waals surface area contributed by atoms with Gasteiger partial charge in [0.15, 0.2) is 0 Å². The molecule has 2 saturated carbocycles. The van der Waals surface area contributed by atoms with Crippen LogP contribution in [0.3, 0.4) is 0 Å². The maximum atomic E-state index is 14.8. The average molecular weight is 419 g/mol. The van der Waals surface area contributed by atoms with E-state index in [9.17, 15) is 8.78 Å². The summed E-state index contributed by atoms with van der Waals surface area (Å²) in [6.45, 7) is 4.87. The van der Waals surface area contributed by atoms with Gasteiger partial charge in [-0.1, -0.05) is 44.1 Å². The van der Waals surface area contributed by atoms with Crippen LogP contribution < -0.4 is 4.74 Å². The fraction of sp³-hybridized carbons (Fsp3) is 0.704. The minimum atomic E-state index is -2.46. The van der Waals surface area contributed by atoms with Gasteiger partial charge in [-0.15, -0.1) is 0 Å². The van der Waals surface area contributed by atoms with Crippen LogP contribution in [0.4, 0.5) is 8.78 Å². The first-order chi connectivity index (χ1) is 14.5. The fourth-order valence-electron chi connectivity index (χ4n) is 5.64. The van der Waals surface area contributed by atoms with Gasteiger partial charge in [0, 0.05) is 12.3 Å². The maximum Gasteiger partial charge on any atom is 0.251 e. The van der Waals surface area contributed by atoms with Crippen LogP contribution in [-0.4, -0.2) is 12.5 Å². The molecule has 1 nitrogen and oxygen atoms in total. The summed E-state index contributed by atoms with van der Waals surface area (Å²) in [5.74, 6) is -0.979. The van der Waals surface area contributed by atoms with Gasteiger partial charge in [0.25, 0.3) is 5.92 Å². The summed E-state index contributed by atoms with van der Waals surface area (Å²) >= 11 is 0. The van der Waals surface area contributed by atoms with Crippen molar-refractivity contribution in [2.24, 2.45) is 23.7 Å². The van der Waals surface area contributed by atoms with E-state index < -0.39 is 5.92 Å². The molecule has 2 aliphatic carbocycles.